The molecule has 3 saturated heterocycles. The van der Waals surface area contributed by atoms with Crippen molar-refractivity contribution in [2.45, 2.75) is 18.9 Å². The minimum absolute atomic E-state index is 0. The van der Waals surface area contributed by atoms with Gasteiger partial charge in [0.2, 0.25) is 0 Å². The Morgan fingerprint density at radius 3 is 2.78 bits per heavy atom. The van der Waals surface area contributed by atoms with Gasteiger partial charge in [0, 0.05) is 30.0 Å². The van der Waals surface area contributed by atoms with E-state index in [1.807, 2.05) is 30.3 Å². The molecule has 0 radical (unpaired) electrons. The molecule has 0 aliphatic carbocycles. The molecule has 3 aliphatic rings. The zero-order valence-corrected chi connectivity index (χ0v) is 15.5. The highest BCUT2D eigenvalue weighted by Gasteiger charge is 2.43. The Hall–Kier alpha value is -1.21. The van der Waals surface area contributed by atoms with Gasteiger partial charge in [-0.25, -0.2) is 0 Å². The fraction of sp³-hybridized carbons (Fsp3) is 0.444. The lowest BCUT2D eigenvalue weighted by Crippen LogP contribution is -3.00. The van der Waals surface area contributed by atoms with Crippen molar-refractivity contribution < 1.29 is 33.3 Å². The first-order valence-electron chi connectivity index (χ1n) is 8.12. The monoisotopic (exact) mass is 423 g/mol. The second-order valence-electron chi connectivity index (χ2n) is 7.08. The van der Waals surface area contributed by atoms with Crippen molar-refractivity contribution in [2.24, 2.45) is 5.92 Å². The third-order valence-corrected chi connectivity index (χ3v) is 5.47. The first-order chi connectivity index (χ1) is 10.6. The predicted octanol–water partition coefficient (Wildman–Crippen LogP) is -0.793. The molecule has 5 rings (SSSR count). The molecule has 1 amide bonds. The van der Waals surface area contributed by atoms with Crippen molar-refractivity contribution in [3.8, 4) is 0 Å². The van der Waals surface area contributed by atoms with E-state index >= 15 is 0 Å². The van der Waals surface area contributed by atoms with Crippen molar-refractivity contribution in [1.29, 1.82) is 0 Å². The Morgan fingerprint density at radius 2 is 2.04 bits per heavy atom. The van der Waals surface area contributed by atoms with Gasteiger partial charge < -0.3 is 33.8 Å². The molecule has 3 aliphatic heterocycles. The highest BCUT2D eigenvalue weighted by atomic mass is 127. The first kappa shape index (κ1) is 16.6. The number of halogens is 1. The maximum absolute atomic E-state index is 12.6. The van der Waals surface area contributed by atoms with Crippen LogP contribution in [-0.2, 0) is 0 Å². The summed E-state index contributed by atoms with van der Waals surface area (Å²) >= 11 is 0. The van der Waals surface area contributed by atoms with E-state index in [9.17, 15) is 4.79 Å². The minimum atomic E-state index is 0. The van der Waals surface area contributed by atoms with E-state index < -0.39 is 0 Å². The summed E-state index contributed by atoms with van der Waals surface area (Å²) < 4.78 is 1.11. The van der Waals surface area contributed by atoms with E-state index in [2.05, 4.69) is 17.3 Å². The summed E-state index contributed by atoms with van der Waals surface area (Å²) in [5.41, 5.74) is 1.59. The number of aromatic nitrogens is 1. The van der Waals surface area contributed by atoms with Gasteiger partial charge in [0.1, 0.15) is 0 Å². The first-order valence-corrected chi connectivity index (χ1v) is 8.12. The van der Waals surface area contributed by atoms with Gasteiger partial charge >= 0.3 is 0 Å². The second kappa shape index (κ2) is 6.36. The zero-order chi connectivity index (χ0) is 15.2. The Balaban J connectivity index is 0.00000156. The van der Waals surface area contributed by atoms with Gasteiger partial charge in [-0.1, -0.05) is 12.1 Å². The average molecular weight is 423 g/mol. The van der Waals surface area contributed by atoms with Crippen molar-refractivity contribution in [3.05, 3.63) is 42.1 Å². The number of benzene rings is 1. The van der Waals surface area contributed by atoms with Crippen LogP contribution in [0, 0.1) is 5.92 Å². The lowest BCUT2D eigenvalue weighted by atomic mass is 9.82. The number of hydrogen-bond donors (Lipinski definition) is 1. The summed E-state index contributed by atoms with van der Waals surface area (Å²) in [6.45, 7) is 3.59. The van der Waals surface area contributed by atoms with Gasteiger partial charge in [-0.15, -0.1) is 0 Å². The van der Waals surface area contributed by atoms with E-state index in [0.29, 0.717) is 17.5 Å². The fourth-order valence-electron chi connectivity index (χ4n) is 4.04. The molecule has 2 aromatic rings. The Labute approximate surface area is 153 Å². The van der Waals surface area contributed by atoms with E-state index in [-0.39, 0.29) is 29.9 Å². The van der Waals surface area contributed by atoms with Crippen LogP contribution < -0.4 is 29.3 Å². The summed E-state index contributed by atoms with van der Waals surface area (Å²) in [6, 6.07) is 10.0. The largest absolute Gasteiger partial charge is 1.00 e. The molecule has 5 heteroatoms. The van der Waals surface area contributed by atoms with E-state index in [0.717, 1.165) is 21.9 Å². The zero-order valence-electron chi connectivity index (χ0n) is 13.3. The number of amides is 1. The van der Waals surface area contributed by atoms with Gasteiger partial charge in [0.25, 0.3) is 5.91 Å². The van der Waals surface area contributed by atoms with Crippen LogP contribution >= 0.6 is 0 Å². The smallest absolute Gasteiger partial charge is 0.251 e. The van der Waals surface area contributed by atoms with Gasteiger partial charge in [-0.2, -0.15) is 0 Å². The number of carbonyl (C=O) groups is 1. The number of nitrogens with one attached hydrogen (secondary N) is 1. The van der Waals surface area contributed by atoms with E-state index in [4.69, 9.17) is 0 Å². The maximum atomic E-state index is 12.6. The average Bonchev–Trinajstić information content (AvgIpc) is 2.54. The molecule has 0 spiro atoms. The van der Waals surface area contributed by atoms with E-state index in [1.54, 1.807) is 6.20 Å². The normalized spacial score (nSPS) is 29.1. The van der Waals surface area contributed by atoms with E-state index in [1.165, 1.54) is 25.9 Å². The van der Waals surface area contributed by atoms with Crippen molar-refractivity contribution >= 4 is 16.8 Å². The van der Waals surface area contributed by atoms with Crippen LogP contribution in [0.15, 0.2) is 36.5 Å². The lowest BCUT2D eigenvalue weighted by molar-refractivity contribution is -0.925. The van der Waals surface area contributed by atoms with Crippen molar-refractivity contribution in [2.75, 3.05) is 26.7 Å². The molecule has 0 saturated carbocycles. The number of quaternary nitrogens is 1. The number of hydrogen-bond acceptors (Lipinski definition) is 2. The number of piperidine rings is 3. The Morgan fingerprint density at radius 1 is 1.26 bits per heavy atom. The number of pyridine rings is 1. The van der Waals surface area contributed by atoms with Gasteiger partial charge in [0.15, 0.2) is 0 Å². The van der Waals surface area contributed by atoms with Crippen LogP contribution in [0.1, 0.15) is 23.2 Å². The molecule has 1 aromatic carbocycles. The molecule has 1 aromatic heterocycles. The third-order valence-electron chi connectivity index (χ3n) is 5.47. The van der Waals surface area contributed by atoms with Crippen molar-refractivity contribution in [3.63, 3.8) is 0 Å². The van der Waals surface area contributed by atoms with Crippen LogP contribution in [0.25, 0.3) is 10.9 Å². The number of likely N-dealkylation sites (N-methyl/N-ethyl adjacent to an activating group) is 1. The Kier molecular flexibility index (Phi) is 4.60. The van der Waals surface area contributed by atoms with Crippen LogP contribution in [-0.4, -0.2) is 48.1 Å². The molecule has 3 fully saturated rings. The number of fused-ring (bicyclic) bond motifs is 4. The molecule has 4 heterocycles. The standard InChI is InChI=1S/C18H21N3O.HI/c1-21-9-6-14(7-10-21)17(12-21)20-18(22)15-5-4-13-3-2-8-19-16(13)11-15;/h2-5,8,11,14,17H,6-7,9-10,12H2,1H3;1H. The number of rotatable bonds is 2. The number of carbonyl (C=O) groups excluding carboxylic acids is 1. The lowest BCUT2D eigenvalue weighted by Gasteiger charge is -2.50. The minimum Gasteiger partial charge on any atom is -1.00 e. The molecule has 1 N–H and O–H groups in total. The molecule has 23 heavy (non-hydrogen) atoms. The Bertz CT molecular complexity index is 725. The molecular weight excluding hydrogens is 401 g/mol. The van der Waals surface area contributed by atoms with Gasteiger partial charge in [0.05, 0.1) is 38.2 Å². The summed E-state index contributed by atoms with van der Waals surface area (Å²) in [7, 11) is 2.31. The number of nitrogens with zero attached hydrogens (tertiary/aromatic N) is 2. The highest BCUT2D eigenvalue weighted by molar-refractivity contribution is 5.97. The molecule has 4 nitrogen and oxygen atoms in total. The molecule has 1 atom stereocenters. The summed E-state index contributed by atoms with van der Waals surface area (Å²) in [6.07, 6.45) is 4.24. The highest BCUT2D eigenvalue weighted by Crippen LogP contribution is 2.32. The van der Waals surface area contributed by atoms with Crippen LogP contribution in [0.2, 0.25) is 0 Å². The SMILES string of the molecule is C[N+]12CCC(CC1)C(NC(=O)c1ccc3cccnc3c1)C2.[I-]. The van der Waals surface area contributed by atoms with Gasteiger partial charge in [-0.3, -0.25) is 9.78 Å². The predicted molar refractivity (Wildman–Crippen MR) is 86.5 cm³/mol. The van der Waals surface area contributed by atoms with Crippen LogP contribution in [0.5, 0.6) is 0 Å². The second-order valence-corrected chi connectivity index (χ2v) is 7.08. The topological polar surface area (TPSA) is 42.0 Å². The fourth-order valence-corrected chi connectivity index (χ4v) is 4.04. The summed E-state index contributed by atoms with van der Waals surface area (Å²) in [5, 5.41) is 4.34. The molecule has 122 valence electrons. The molecule has 1 unspecified atom stereocenters. The quantitative estimate of drug-likeness (QED) is 0.508. The molecule has 2 bridgehead atoms. The summed E-state index contributed by atoms with van der Waals surface area (Å²) in [5.74, 6) is 0.695. The third kappa shape index (κ3) is 3.21. The molecular formula is C18H22IN3O. The maximum Gasteiger partial charge on any atom is 0.251 e. The van der Waals surface area contributed by atoms with Crippen molar-refractivity contribution in [1.82, 2.24) is 10.3 Å². The summed E-state index contributed by atoms with van der Waals surface area (Å²) in [4.78, 5) is 16.9. The van der Waals surface area contributed by atoms with Gasteiger partial charge in [-0.05, 0) is 24.1 Å². The van der Waals surface area contributed by atoms with Crippen LogP contribution in [0.3, 0.4) is 0 Å². The van der Waals surface area contributed by atoms with Crippen LogP contribution in [0.4, 0.5) is 0 Å².